The van der Waals surface area contributed by atoms with Gasteiger partial charge in [0.15, 0.2) is 5.76 Å². The summed E-state index contributed by atoms with van der Waals surface area (Å²) < 4.78 is 7.97. The van der Waals surface area contributed by atoms with Crippen LogP contribution < -0.4 is 5.32 Å². The van der Waals surface area contributed by atoms with Crippen LogP contribution >= 0.6 is 15.9 Å². The molecule has 2 amide bonds. The maximum Gasteiger partial charge on any atom is 0.289 e. The lowest BCUT2D eigenvalue weighted by Crippen LogP contribution is -2.46. The van der Waals surface area contributed by atoms with Crippen LogP contribution in [0.1, 0.15) is 40.8 Å². The molecular weight excluding hydrogens is 374 g/mol. The van der Waals surface area contributed by atoms with Crippen LogP contribution in [0.4, 0.5) is 0 Å². The van der Waals surface area contributed by atoms with Crippen molar-refractivity contribution in [3.8, 4) is 0 Å². The molecule has 3 heterocycles. The molecule has 0 aliphatic carbocycles. The second-order valence-electron chi connectivity index (χ2n) is 5.85. The molecule has 2 aromatic heterocycles. The topological polar surface area (TPSA) is 67.5 Å². The molecule has 0 unspecified atom stereocenters. The third-order valence-electron chi connectivity index (χ3n) is 4.29. The number of likely N-dealkylation sites (tertiary alicyclic amines) is 1. The highest BCUT2D eigenvalue weighted by atomic mass is 79.9. The number of halogens is 1. The molecule has 6 nitrogen and oxygen atoms in total. The number of carbonyl (C=O) groups excluding carboxylic acids is 2. The van der Waals surface area contributed by atoms with E-state index in [9.17, 15) is 9.59 Å². The average Bonchev–Trinajstić information content (AvgIpc) is 3.24. The van der Waals surface area contributed by atoms with Crippen LogP contribution in [0.3, 0.4) is 0 Å². The summed E-state index contributed by atoms with van der Waals surface area (Å²) in [7, 11) is 0. The van der Waals surface area contributed by atoms with E-state index >= 15 is 0 Å². The number of aromatic nitrogens is 1. The number of rotatable bonds is 4. The Hall–Kier alpha value is -2.02. The summed E-state index contributed by atoms with van der Waals surface area (Å²) in [4.78, 5) is 26.5. The quantitative estimate of drug-likeness (QED) is 0.867. The molecule has 2 aromatic rings. The Labute approximate surface area is 148 Å². The molecule has 3 rings (SSSR count). The van der Waals surface area contributed by atoms with Crippen LogP contribution in [0.15, 0.2) is 39.5 Å². The van der Waals surface area contributed by atoms with Gasteiger partial charge in [-0.1, -0.05) is 0 Å². The van der Waals surface area contributed by atoms with Gasteiger partial charge >= 0.3 is 0 Å². The summed E-state index contributed by atoms with van der Waals surface area (Å²) in [5, 5.41) is 3.08. The minimum atomic E-state index is -0.0893. The number of nitrogens with zero attached hydrogens (tertiary/aromatic N) is 2. The fraction of sp³-hybridized carbons (Fsp3) is 0.412. The maximum atomic E-state index is 12.5. The van der Waals surface area contributed by atoms with E-state index in [-0.39, 0.29) is 17.9 Å². The van der Waals surface area contributed by atoms with Crippen molar-refractivity contribution in [1.82, 2.24) is 14.8 Å². The zero-order valence-corrected chi connectivity index (χ0v) is 15.1. The lowest BCUT2D eigenvalue weighted by Gasteiger charge is -2.31. The van der Waals surface area contributed by atoms with Crippen molar-refractivity contribution >= 4 is 27.7 Å². The van der Waals surface area contributed by atoms with Crippen LogP contribution in [0, 0.1) is 0 Å². The number of carbonyl (C=O) groups is 2. The summed E-state index contributed by atoms with van der Waals surface area (Å²) in [6, 6.07) is 5.29. The van der Waals surface area contributed by atoms with Crippen LogP contribution in [0.5, 0.6) is 0 Å². The summed E-state index contributed by atoms with van der Waals surface area (Å²) >= 11 is 3.41. The van der Waals surface area contributed by atoms with E-state index in [1.54, 1.807) is 17.0 Å². The van der Waals surface area contributed by atoms with Gasteiger partial charge < -0.3 is 19.2 Å². The zero-order chi connectivity index (χ0) is 17.1. The van der Waals surface area contributed by atoms with Crippen LogP contribution in [-0.2, 0) is 6.54 Å². The SMILES string of the molecule is CCn1cc(Br)cc1C(=O)NC1CCN(C(=O)c2ccco2)CC1. The van der Waals surface area contributed by atoms with Crippen molar-refractivity contribution in [1.29, 1.82) is 0 Å². The van der Waals surface area contributed by atoms with Crippen molar-refractivity contribution in [2.45, 2.75) is 32.4 Å². The van der Waals surface area contributed by atoms with Crippen LogP contribution in [0.2, 0.25) is 0 Å². The summed E-state index contributed by atoms with van der Waals surface area (Å²) in [6.07, 6.45) is 4.89. The Kier molecular flexibility index (Phi) is 5.08. The molecule has 1 N–H and O–H groups in total. The highest BCUT2D eigenvalue weighted by Gasteiger charge is 2.26. The number of amides is 2. The van der Waals surface area contributed by atoms with Gasteiger partial charge in [-0.25, -0.2) is 0 Å². The minimum Gasteiger partial charge on any atom is -0.459 e. The maximum absolute atomic E-state index is 12.5. The van der Waals surface area contributed by atoms with Crippen molar-refractivity contribution in [3.63, 3.8) is 0 Å². The average molecular weight is 394 g/mol. The molecule has 1 saturated heterocycles. The lowest BCUT2D eigenvalue weighted by atomic mass is 10.0. The molecule has 1 aliphatic heterocycles. The highest BCUT2D eigenvalue weighted by molar-refractivity contribution is 9.10. The van der Waals surface area contributed by atoms with E-state index in [4.69, 9.17) is 4.42 Å². The minimum absolute atomic E-state index is 0.0710. The Morgan fingerprint density at radius 1 is 1.38 bits per heavy atom. The molecule has 0 spiro atoms. The van der Waals surface area contributed by atoms with Crippen LogP contribution in [-0.4, -0.2) is 40.4 Å². The molecule has 128 valence electrons. The summed E-state index contributed by atoms with van der Waals surface area (Å²) in [6.45, 7) is 3.97. The summed E-state index contributed by atoms with van der Waals surface area (Å²) in [5.41, 5.74) is 0.651. The molecule has 1 fully saturated rings. The molecule has 0 radical (unpaired) electrons. The van der Waals surface area contributed by atoms with E-state index in [1.807, 2.05) is 23.8 Å². The van der Waals surface area contributed by atoms with Crippen molar-refractivity contribution in [3.05, 3.63) is 46.6 Å². The first-order chi connectivity index (χ1) is 11.6. The number of furan rings is 1. The first-order valence-corrected chi connectivity index (χ1v) is 8.87. The second-order valence-corrected chi connectivity index (χ2v) is 6.76. The third kappa shape index (κ3) is 3.56. The molecule has 0 saturated carbocycles. The van der Waals surface area contributed by atoms with Gasteiger partial charge in [-0.3, -0.25) is 9.59 Å². The van der Waals surface area contributed by atoms with Crippen molar-refractivity contribution in [2.24, 2.45) is 0 Å². The van der Waals surface area contributed by atoms with Gasteiger partial charge in [-0.05, 0) is 53.9 Å². The number of hydrogen-bond donors (Lipinski definition) is 1. The van der Waals surface area contributed by atoms with Gasteiger partial charge in [0, 0.05) is 36.3 Å². The first-order valence-electron chi connectivity index (χ1n) is 8.07. The fourth-order valence-electron chi connectivity index (χ4n) is 2.97. The summed E-state index contributed by atoms with van der Waals surface area (Å²) in [5.74, 6) is 0.204. The molecule has 7 heteroatoms. The molecule has 24 heavy (non-hydrogen) atoms. The highest BCUT2D eigenvalue weighted by Crippen LogP contribution is 2.17. The monoisotopic (exact) mass is 393 g/mol. The lowest BCUT2D eigenvalue weighted by molar-refractivity contribution is 0.0666. The molecule has 0 atom stereocenters. The van der Waals surface area contributed by atoms with Gasteiger partial charge in [0.1, 0.15) is 5.69 Å². The van der Waals surface area contributed by atoms with Gasteiger partial charge in [-0.15, -0.1) is 0 Å². The fourth-order valence-corrected chi connectivity index (χ4v) is 3.43. The molecule has 0 aromatic carbocycles. The number of nitrogens with one attached hydrogen (secondary N) is 1. The van der Waals surface area contributed by atoms with E-state index in [1.165, 1.54) is 6.26 Å². The number of piperidine rings is 1. The van der Waals surface area contributed by atoms with Crippen molar-refractivity contribution in [2.75, 3.05) is 13.1 Å². The Morgan fingerprint density at radius 3 is 2.75 bits per heavy atom. The first kappa shape index (κ1) is 16.8. The van der Waals surface area contributed by atoms with E-state index in [0.717, 1.165) is 23.9 Å². The standard InChI is InChI=1S/C17H20BrN3O3/c1-2-20-11-12(18)10-14(20)16(22)19-13-5-7-21(8-6-13)17(23)15-4-3-9-24-15/h3-4,9-11,13H,2,5-8H2,1H3,(H,19,22). The van der Waals surface area contributed by atoms with Gasteiger partial charge in [0.25, 0.3) is 11.8 Å². The van der Waals surface area contributed by atoms with Gasteiger partial charge in [0.05, 0.1) is 6.26 Å². The molecule has 0 bridgehead atoms. The number of hydrogen-bond acceptors (Lipinski definition) is 3. The van der Waals surface area contributed by atoms with Gasteiger partial charge in [-0.2, -0.15) is 0 Å². The second kappa shape index (κ2) is 7.25. The predicted octanol–water partition coefficient (Wildman–Crippen LogP) is 2.90. The largest absolute Gasteiger partial charge is 0.459 e. The van der Waals surface area contributed by atoms with E-state index < -0.39 is 0 Å². The molecule has 1 aliphatic rings. The smallest absolute Gasteiger partial charge is 0.289 e. The zero-order valence-electron chi connectivity index (χ0n) is 13.5. The van der Waals surface area contributed by atoms with Crippen LogP contribution in [0.25, 0.3) is 0 Å². The van der Waals surface area contributed by atoms with Gasteiger partial charge in [0.2, 0.25) is 0 Å². The Morgan fingerprint density at radius 2 is 2.12 bits per heavy atom. The van der Waals surface area contributed by atoms with Crippen molar-refractivity contribution < 1.29 is 14.0 Å². The third-order valence-corrected chi connectivity index (χ3v) is 4.72. The van der Waals surface area contributed by atoms with E-state index in [0.29, 0.717) is 24.5 Å². The van der Waals surface area contributed by atoms with E-state index in [2.05, 4.69) is 21.2 Å². The molecular formula is C17H20BrN3O3. The predicted molar refractivity (Wildman–Crippen MR) is 92.9 cm³/mol. The Bertz CT molecular complexity index is 716. The normalized spacial score (nSPS) is 15.5. The number of aryl methyl sites for hydroxylation is 1. The Balaban J connectivity index is 1.55.